The first-order chi connectivity index (χ1) is 9.70. The van der Waals surface area contributed by atoms with Gasteiger partial charge in [-0.25, -0.2) is 0 Å². The molecule has 0 aromatic carbocycles. The Hall–Kier alpha value is -0.570. The Labute approximate surface area is 124 Å². The van der Waals surface area contributed by atoms with Crippen LogP contribution in [0.25, 0.3) is 0 Å². The Bertz CT molecular complexity index is 305. The van der Waals surface area contributed by atoms with E-state index >= 15 is 0 Å². The fraction of sp³-hybridized carbons (Fsp3) is 0.941. The number of hydrogen-bond donors (Lipinski definition) is 1. The van der Waals surface area contributed by atoms with Crippen LogP contribution in [0, 0.1) is 11.8 Å². The van der Waals surface area contributed by atoms with Crippen LogP contribution in [0.3, 0.4) is 0 Å². The topological polar surface area (TPSA) is 32.3 Å². The van der Waals surface area contributed by atoms with Gasteiger partial charge in [-0.2, -0.15) is 0 Å². The number of rotatable bonds is 6. The third kappa shape index (κ3) is 4.47. The third-order valence-corrected chi connectivity index (χ3v) is 5.18. The molecule has 2 fully saturated rings. The molecule has 2 aliphatic rings. The highest BCUT2D eigenvalue weighted by Gasteiger charge is 2.28. The highest BCUT2D eigenvalue weighted by atomic mass is 16.2. The maximum atomic E-state index is 12.1. The monoisotopic (exact) mass is 280 g/mol. The first kappa shape index (κ1) is 15.8. The van der Waals surface area contributed by atoms with Crippen LogP contribution in [0.5, 0.6) is 0 Å². The maximum absolute atomic E-state index is 12.1. The zero-order valence-electron chi connectivity index (χ0n) is 13.4. The van der Waals surface area contributed by atoms with E-state index in [-0.39, 0.29) is 0 Å². The number of carbonyl (C=O) groups excluding carboxylic acids is 1. The molecule has 1 aliphatic carbocycles. The van der Waals surface area contributed by atoms with Crippen molar-refractivity contribution in [1.29, 1.82) is 0 Å². The largest absolute Gasteiger partial charge is 0.343 e. The number of hydrogen-bond acceptors (Lipinski definition) is 2. The standard InChI is InChI=1S/C17H32N2O/c1-3-11-18-16-6-4-5-15(16)10-13-19-12-9-14(2)7-8-17(19)20/h14-16,18H,3-13H2,1-2H3. The molecule has 1 saturated heterocycles. The molecule has 1 N–H and O–H groups in total. The van der Waals surface area contributed by atoms with Crippen molar-refractivity contribution in [2.45, 2.75) is 71.3 Å². The Morgan fingerprint density at radius 3 is 2.90 bits per heavy atom. The van der Waals surface area contributed by atoms with Gasteiger partial charge in [0.25, 0.3) is 0 Å². The molecule has 1 saturated carbocycles. The van der Waals surface area contributed by atoms with Gasteiger partial charge in [0.2, 0.25) is 5.91 Å². The lowest BCUT2D eigenvalue weighted by molar-refractivity contribution is -0.130. The van der Waals surface area contributed by atoms with E-state index in [1.54, 1.807) is 0 Å². The van der Waals surface area contributed by atoms with Crippen LogP contribution < -0.4 is 5.32 Å². The Kier molecular flexibility index (Phi) is 6.34. The lowest BCUT2D eigenvalue weighted by atomic mass is 9.99. The van der Waals surface area contributed by atoms with Crippen LogP contribution in [0.4, 0.5) is 0 Å². The van der Waals surface area contributed by atoms with E-state index in [2.05, 4.69) is 24.1 Å². The van der Waals surface area contributed by atoms with Crippen molar-refractivity contribution in [2.24, 2.45) is 11.8 Å². The van der Waals surface area contributed by atoms with Gasteiger partial charge in [-0.1, -0.05) is 20.3 Å². The average molecular weight is 280 g/mol. The number of amides is 1. The van der Waals surface area contributed by atoms with Crippen LogP contribution in [-0.2, 0) is 4.79 Å². The summed E-state index contributed by atoms with van der Waals surface area (Å²) >= 11 is 0. The fourth-order valence-electron chi connectivity index (χ4n) is 3.71. The van der Waals surface area contributed by atoms with Gasteiger partial charge in [-0.3, -0.25) is 4.79 Å². The van der Waals surface area contributed by atoms with Gasteiger partial charge in [0.15, 0.2) is 0 Å². The molecule has 20 heavy (non-hydrogen) atoms. The molecule has 0 spiro atoms. The molecule has 1 aliphatic heterocycles. The van der Waals surface area contributed by atoms with Gasteiger partial charge in [-0.15, -0.1) is 0 Å². The maximum Gasteiger partial charge on any atom is 0.222 e. The van der Waals surface area contributed by atoms with Crippen molar-refractivity contribution < 1.29 is 4.79 Å². The minimum absolute atomic E-state index is 0.394. The predicted molar refractivity (Wildman–Crippen MR) is 83.6 cm³/mol. The Morgan fingerprint density at radius 1 is 1.25 bits per heavy atom. The molecule has 1 heterocycles. The molecule has 3 unspecified atom stereocenters. The molecule has 1 amide bonds. The average Bonchev–Trinajstić information content (AvgIpc) is 2.83. The van der Waals surface area contributed by atoms with Gasteiger partial charge in [0.05, 0.1) is 0 Å². The van der Waals surface area contributed by atoms with Crippen LogP contribution in [0.1, 0.15) is 65.2 Å². The van der Waals surface area contributed by atoms with Crippen LogP contribution >= 0.6 is 0 Å². The van der Waals surface area contributed by atoms with E-state index in [0.717, 1.165) is 44.3 Å². The van der Waals surface area contributed by atoms with Crippen LogP contribution in [-0.4, -0.2) is 36.5 Å². The SMILES string of the molecule is CCCNC1CCCC1CCN1CCC(C)CCC1=O. The molecule has 3 atom stereocenters. The lowest BCUT2D eigenvalue weighted by Gasteiger charge is -2.26. The highest BCUT2D eigenvalue weighted by molar-refractivity contribution is 5.76. The minimum Gasteiger partial charge on any atom is -0.343 e. The minimum atomic E-state index is 0.394. The molecule has 3 heteroatoms. The van der Waals surface area contributed by atoms with Crippen molar-refractivity contribution in [3.8, 4) is 0 Å². The number of carbonyl (C=O) groups is 1. The number of nitrogens with one attached hydrogen (secondary N) is 1. The Balaban J connectivity index is 1.77. The highest BCUT2D eigenvalue weighted by Crippen LogP contribution is 2.29. The normalized spacial score (nSPS) is 31.6. The molecule has 0 radical (unpaired) electrons. The number of likely N-dealkylation sites (tertiary alicyclic amines) is 1. The first-order valence-corrected chi connectivity index (χ1v) is 8.72. The van der Waals surface area contributed by atoms with Gasteiger partial charge in [0.1, 0.15) is 0 Å². The van der Waals surface area contributed by atoms with Gasteiger partial charge in [0, 0.05) is 25.6 Å². The summed E-state index contributed by atoms with van der Waals surface area (Å²) in [4.78, 5) is 14.3. The quantitative estimate of drug-likeness (QED) is 0.810. The molecular weight excluding hydrogens is 248 g/mol. The molecule has 0 bridgehead atoms. The number of nitrogens with zero attached hydrogens (tertiary/aromatic N) is 1. The summed E-state index contributed by atoms with van der Waals surface area (Å²) in [6.07, 6.45) is 9.48. The summed E-state index contributed by atoms with van der Waals surface area (Å²) in [5.41, 5.74) is 0. The third-order valence-electron chi connectivity index (χ3n) is 5.18. The summed E-state index contributed by atoms with van der Waals surface area (Å²) in [7, 11) is 0. The van der Waals surface area contributed by atoms with E-state index < -0.39 is 0 Å². The molecule has 3 nitrogen and oxygen atoms in total. The summed E-state index contributed by atoms with van der Waals surface area (Å²) in [6.45, 7) is 7.62. The molecular formula is C17H32N2O. The first-order valence-electron chi connectivity index (χ1n) is 8.72. The van der Waals surface area contributed by atoms with Crippen molar-refractivity contribution in [3.05, 3.63) is 0 Å². The summed E-state index contributed by atoms with van der Waals surface area (Å²) in [5, 5.41) is 3.70. The summed E-state index contributed by atoms with van der Waals surface area (Å²) in [6, 6.07) is 0.705. The van der Waals surface area contributed by atoms with Crippen LogP contribution in [0.2, 0.25) is 0 Å². The van der Waals surface area contributed by atoms with E-state index in [1.165, 1.54) is 38.5 Å². The summed E-state index contributed by atoms with van der Waals surface area (Å²) < 4.78 is 0. The van der Waals surface area contributed by atoms with Crippen molar-refractivity contribution >= 4 is 5.91 Å². The fourth-order valence-corrected chi connectivity index (χ4v) is 3.71. The van der Waals surface area contributed by atoms with Gasteiger partial charge < -0.3 is 10.2 Å². The molecule has 116 valence electrons. The second kappa shape index (κ2) is 8.02. The summed E-state index contributed by atoms with van der Waals surface area (Å²) in [5.74, 6) is 1.90. The molecule has 0 aromatic rings. The van der Waals surface area contributed by atoms with Gasteiger partial charge >= 0.3 is 0 Å². The van der Waals surface area contributed by atoms with Crippen molar-refractivity contribution in [3.63, 3.8) is 0 Å². The van der Waals surface area contributed by atoms with E-state index in [4.69, 9.17) is 0 Å². The Morgan fingerprint density at radius 2 is 2.10 bits per heavy atom. The van der Waals surface area contributed by atoms with E-state index in [1.807, 2.05) is 0 Å². The second-order valence-corrected chi connectivity index (χ2v) is 6.85. The lowest BCUT2D eigenvalue weighted by Crippen LogP contribution is -2.37. The predicted octanol–water partition coefficient (Wildman–Crippen LogP) is 3.19. The van der Waals surface area contributed by atoms with E-state index in [9.17, 15) is 4.79 Å². The second-order valence-electron chi connectivity index (χ2n) is 6.85. The van der Waals surface area contributed by atoms with Crippen molar-refractivity contribution in [2.75, 3.05) is 19.6 Å². The molecule has 2 rings (SSSR count). The van der Waals surface area contributed by atoms with E-state index in [0.29, 0.717) is 11.9 Å². The zero-order chi connectivity index (χ0) is 14.4. The zero-order valence-corrected chi connectivity index (χ0v) is 13.4. The van der Waals surface area contributed by atoms with Crippen LogP contribution in [0.15, 0.2) is 0 Å². The van der Waals surface area contributed by atoms with Crippen molar-refractivity contribution in [1.82, 2.24) is 10.2 Å². The molecule has 0 aromatic heterocycles. The van der Waals surface area contributed by atoms with Gasteiger partial charge in [-0.05, 0) is 56.9 Å². The smallest absolute Gasteiger partial charge is 0.222 e.